The van der Waals surface area contributed by atoms with Crippen molar-refractivity contribution < 1.29 is 19.4 Å². The summed E-state index contributed by atoms with van der Waals surface area (Å²) in [6.45, 7) is 3.91. The molecule has 0 unspecified atom stereocenters. The van der Waals surface area contributed by atoms with Gasteiger partial charge in [0.05, 0.1) is 24.1 Å². The molecule has 0 fully saturated rings. The van der Waals surface area contributed by atoms with Gasteiger partial charge in [-0.1, -0.05) is 54.6 Å². The Labute approximate surface area is 220 Å². The number of ether oxygens (including phenoxy) is 1. The molecule has 0 spiro atoms. The number of pyridine rings is 1. The number of carboxylic acids is 1. The zero-order chi connectivity index (χ0) is 26.4. The molecule has 37 heavy (non-hydrogen) atoms. The number of thiazole rings is 1. The van der Waals surface area contributed by atoms with Gasteiger partial charge >= 0.3 is 5.97 Å². The largest absolute Gasteiger partial charge is 0.481 e. The van der Waals surface area contributed by atoms with Crippen LogP contribution in [-0.2, 0) is 16.0 Å². The van der Waals surface area contributed by atoms with Gasteiger partial charge in [-0.25, -0.2) is 9.97 Å². The maximum atomic E-state index is 13.3. The molecule has 2 heterocycles. The highest BCUT2D eigenvalue weighted by Crippen LogP contribution is 2.35. The van der Waals surface area contributed by atoms with Crippen LogP contribution in [0.4, 0.5) is 5.13 Å². The van der Waals surface area contributed by atoms with E-state index < -0.39 is 11.9 Å². The molecular formula is C29H29N3O4S. The van der Waals surface area contributed by atoms with Crippen LogP contribution in [0.1, 0.15) is 25.8 Å². The number of aliphatic carboxylic acids is 1. The Morgan fingerprint density at radius 2 is 1.70 bits per heavy atom. The number of hydrogen-bond donors (Lipinski definition) is 1. The third-order valence-corrected chi connectivity index (χ3v) is 6.73. The van der Waals surface area contributed by atoms with Crippen LogP contribution < -0.4 is 9.64 Å². The number of carboxylic acid groups (broad SMARTS) is 1. The molecule has 0 radical (unpaired) electrons. The zero-order valence-electron chi connectivity index (χ0n) is 21.0. The van der Waals surface area contributed by atoms with Gasteiger partial charge in [-0.15, -0.1) is 11.3 Å². The highest BCUT2D eigenvalue weighted by Gasteiger charge is 2.27. The van der Waals surface area contributed by atoms with Crippen molar-refractivity contribution in [1.29, 1.82) is 0 Å². The van der Waals surface area contributed by atoms with Gasteiger partial charge in [-0.3, -0.25) is 14.5 Å². The smallest absolute Gasteiger partial charge is 0.304 e. The lowest BCUT2D eigenvalue weighted by molar-refractivity contribution is -0.140. The van der Waals surface area contributed by atoms with Crippen molar-refractivity contribution in [3.8, 4) is 28.3 Å². The first-order valence-electron chi connectivity index (χ1n) is 12.0. The van der Waals surface area contributed by atoms with Gasteiger partial charge in [0.15, 0.2) is 5.13 Å². The summed E-state index contributed by atoms with van der Waals surface area (Å²) < 4.78 is 5.66. The van der Waals surface area contributed by atoms with Crippen molar-refractivity contribution in [2.75, 3.05) is 11.9 Å². The van der Waals surface area contributed by atoms with E-state index in [1.807, 2.05) is 86.0 Å². The monoisotopic (exact) mass is 515 g/mol. The van der Waals surface area contributed by atoms with Gasteiger partial charge < -0.3 is 9.84 Å². The topological polar surface area (TPSA) is 92.6 Å². The highest BCUT2D eigenvalue weighted by molar-refractivity contribution is 7.14. The van der Waals surface area contributed by atoms with Crippen LogP contribution >= 0.6 is 11.3 Å². The van der Waals surface area contributed by atoms with Crippen LogP contribution in [-0.4, -0.2) is 40.1 Å². The van der Waals surface area contributed by atoms with Crippen molar-refractivity contribution in [3.63, 3.8) is 0 Å². The maximum Gasteiger partial charge on any atom is 0.304 e. The second-order valence-electron chi connectivity index (χ2n) is 8.99. The molecule has 2 aromatic heterocycles. The molecule has 0 aliphatic carbocycles. The number of carbonyl (C=O) groups excluding carboxylic acids is 1. The van der Waals surface area contributed by atoms with Gasteiger partial charge in [0.2, 0.25) is 11.8 Å². The Kier molecular flexibility index (Phi) is 8.30. The van der Waals surface area contributed by atoms with Crippen molar-refractivity contribution in [1.82, 2.24) is 9.97 Å². The molecule has 0 aliphatic rings. The highest BCUT2D eigenvalue weighted by atomic mass is 32.1. The summed E-state index contributed by atoms with van der Waals surface area (Å²) in [5.41, 5.74) is 4.45. The van der Waals surface area contributed by atoms with Crippen LogP contribution in [0.5, 0.6) is 5.88 Å². The first-order chi connectivity index (χ1) is 17.8. The molecule has 0 saturated heterocycles. The molecule has 1 amide bonds. The molecule has 0 saturated carbocycles. The molecule has 1 N–H and O–H groups in total. The Morgan fingerprint density at radius 3 is 2.35 bits per heavy atom. The van der Waals surface area contributed by atoms with Crippen molar-refractivity contribution >= 4 is 28.3 Å². The first-order valence-corrected chi connectivity index (χ1v) is 12.9. The van der Waals surface area contributed by atoms with Gasteiger partial charge in [-0.2, -0.15) is 0 Å². The number of rotatable bonds is 10. The normalized spacial score (nSPS) is 11.8. The Bertz CT molecular complexity index is 1350. The minimum absolute atomic E-state index is 0.0431. The van der Waals surface area contributed by atoms with Crippen LogP contribution in [0.25, 0.3) is 22.4 Å². The van der Waals surface area contributed by atoms with E-state index in [9.17, 15) is 14.7 Å². The molecule has 2 aromatic carbocycles. The van der Waals surface area contributed by atoms with Crippen LogP contribution in [0.3, 0.4) is 0 Å². The Balaban J connectivity index is 1.57. The second-order valence-corrected chi connectivity index (χ2v) is 9.83. The number of nitrogens with zero attached hydrogens (tertiary/aromatic N) is 3. The number of carbonyl (C=O) groups is 2. The van der Waals surface area contributed by atoms with Gasteiger partial charge in [-0.05, 0) is 37.5 Å². The molecular weight excluding hydrogens is 486 g/mol. The second kappa shape index (κ2) is 11.8. The molecule has 7 nitrogen and oxygen atoms in total. The lowest BCUT2D eigenvalue weighted by Crippen LogP contribution is -2.35. The fourth-order valence-corrected chi connectivity index (χ4v) is 4.87. The third kappa shape index (κ3) is 6.59. The molecule has 4 aromatic rings. The standard InChI is InChI=1S/C29H29N3O4S/c1-19(2)36-26-14-13-21(17-30-26)23-11-7-8-12-24(23)25-18-37-29(31-25)32(3)28(35)22(16-27(33)34)15-20-9-5-4-6-10-20/h4-14,17-19,22H,15-16H2,1-3H3,(H,33,34)/t22-/m1/s1. The molecule has 190 valence electrons. The number of amides is 1. The lowest BCUT2D eigenvalue weighted by atomic mass is 9.95. The average Bonchev–Trinajstić information content (AvgIpc) is 3.38. The van der Waals surface area contributed by atoms with E-state index in [0.717, 1.165) is 27.9 Å². The summed E-state index contributed by atoms with van der Waals surface area (Å²) in [6, 6.07) is 21.2. The lowest BCUT2D eigenvalue weighted by Gasteiger charge is -2.21. The number of benzene rings is 2. The van der Waals surface area contributed by atoms with E-state index in [-0.39, 0.29) is 18.4 Å². The molecule has 8 heteroatoms. The van der Waals surface area contributed by atoms with Crippen LogP contribution in [0, 0.1) is 5.92 Å². The average molecular weight is 516 g/mol. The van der Waals surface area contributed by atoms with Crippen molar-refractivity contribution in [2.45, 2.75) is 32.8 Å². The summed E-state index contributed by atoms with van der Waals surface area (Å²) >= 11 is 1.35. The van der Waals surface area contributed by atoms with E-state index in [1.54, 1.807) is 13.2 Å². The van der Waals surface area contributed by atoms with E-state index in [1.165, 1.54) is 16.2 Å². The Hall–Kier alpha value is -4.04. The summed E-state index contributed by atoms with van der Waals surface area (Å²) in [5.74, 6) is -1.40. The maximum absolute atomic E-state index is 13.3. The van der Waals surface area contributed by atoms with Gasteiger partial charge in [0, 0.05) is 35.8 Å². The van der Waals surface area contributed by atoms with Crippen molar-refractivity contribution in [3.05, 3.63) is 83.9 Å². The predicted octanol–water partition coefficient (Wildman–Crippen LogP) is 5.96. The molecule has 1 atom stereocenters. The number of aromatic nitrogens is 2. The minimum Gasteiger partial charge on any atom is -0.481 e. The summed E-state index contributed by atoms with van der Waals surface area (Å²) in [4.78, 5) is 35.5. The summed E-state index contributed by atoms with van der Waals surface area (Å²) in [6.07, 6.45) is 1.92. The quantitative estimate of drug-likeness (QED) is 0.280. The summed E-state index contributed by atoms with van der Waals surface area (Å²) in [7, 11) is 1.65. The van der Waals surface area contributed by atoms with Crippen molar-refractivity contribution in [2.24, 2.45) is 5.92 Å². The van der Waals surface area contributed by atoms with E-state index >= 15 is 0 Å². The predicted molar refractivity (Wildman–Crippen MR) is 146 cm³/mol. The van der Waals surface area contributed by atoms with E-state index in [0.29, 0.717) is 17.4 Å². The van der Waals surface area contributed by atoms with Crippen LogP contribution in [0.15, 0.2) is 78.3 Å². The van der Waals surface area contributed by atoms with E-state index in [4.69, 9.17) is 9.72 Å². The Morgan fingerprint density at radius 1 is 1.00 bits per heavy atom. The molecule has 0 aliphatic heterocycles. The molecule has 4 rings (SSSR count). The SMILES string of the molecule is CC(C)Oc1ccc(-c2ccccc2-c2csc(N(C)C(=O)[C@@H](CC(=O)O)Cc3ccccc3)n2)cn1. The third-order valence-electron chi connectivity index (χ3n) is 5.81. The van der Waals surface area contributed by atoms with Crippen LogP contribution in [0.2, 0.25) is 0 Å². The zero-order valence-corrected chi connectivity index (χ0v) is 21.8. The number of hydrogen-bond acceptors (Lipinski definition) is 6. The van der Waals surface area contributed by atoms with Gasteiger partial charge in [0.1, 0.15) is 0 Å². The van der Waals surface area contributed by atoms with Gasteiger partial charge in [0.25, 0.3) is 0 Å². The fourth-order valence-electron chi connectivity index (χ4n) is 4.08. The first kappa shape index (κ1) is 26.0. The fraction of sp³-hybridized carbons (Fsp3) is 0.241. The summed E-state index contributed by atoms with van der Waals surface area (Å²) in [5, 5.41) is 11.8. The molecule has 0 bridgehead atoms. The van der Waals surface area contributed by atoms with E-state index in [2.05, 4.69) is 4.98 Å². The number of anilines is 1. The minimum atomic E-state index is -1.00.